The third kappa shape index (κ3) is 14.1. The molecule has 12 nitrogen and oxygen atoms in total. The van der Waals surface area contributed by atoms with Crippen LogP contribution in [0.3, 0.4) is 0 Å². The molecular weight excluding hydrogens is 705 g/mol. The lowest BCUT2D eigenvalue weighted by molar-refractivity contribution is 0.278. The van der Waals surface area contributed by atoms with E-state index in [0.717, 1.165) is 48.9 Å². The van der Waals surface area contributed by atoms with Gasteiger partial charge in [-0.1, -0.05) is 41.5 Å². The van der Waals surface area contributed by atoms with E-state index in [4.69, 9.17) is 59.1 Å². The Hall–Kier alpha value is -2.82. The maximum atomic E-state index is 5.54. The molecule has 2 saturated carbocycles. The Morgan fingerprint density at radius 3 is 1.16 bits per heavy atom. The smallest absolute Gasteiger partial charge is 0.189 e. The van der Waals surface area contributed by atoms with Crippen molar-refractivity contribution in [2.45, 2.75) is 130 Å². The van der Waals surface area contributed by atoms with Crippen LogP contribution in [0.2, 0.25) is 0 Å². The highest BCUT2D eigenvalue weighted by atomic mass is 32.1. The van der Waals surface area contributed by atoms with E-state index < -0.39 is 11.3 Å². The number of thiocarbonyl (C=S) groups is 4. The summed E-state index contributed by atoms with van der Waals surface area (Å²) in [6, 6.07) is 8.06. The van der Waals surface area contributed by atoms with E-state index in [-0.39, 0.29) is 23.9 Å². The van der Waals surface area contributed by atoms with Gasteiger partial charge in [0.05, 0.1) is 12.1 Å². The van der Waals surface area contributed by atoms with Crippen LogP contribution in [0, 0.1) is 23.7 Å². The summed E-state index contributed by atoms with van der Waals surface area (Å²) in [4.78, 5) is 0. The monoisotopic (exact) mass is 762 g/mol. The van der Waals surface area contributed by atoms with Gasteiger partial charge in [-0.2, -0.15) is 20.5 Å². The molecule has 0 amide bonds. The molecule has 0 saturated heterocycles. The fraction of sp³-hybridized carbons (Fsp3) is 0.706. The van der Waals surface area contributed by atoms with Crippen molar-refractivity contribution in [2.24, 2.45) is 44.1 Å². The highest BCUT2D eigenvalue weighted by molar-refractivity contribution is 7.81. The number of benzene rings is 1. The second-order valence-corrected chi connectivity index (χ2v) is 16.4. The summed E-state index contributed by atoms with van der Waals surface area (Å²) in [6.45, 7) is 17.0. The molecule has 0 aliphatic heterocycles. The van der Waals surface area contributed by atoms with Crippen LogP contribution in [-0.2, 0) is 0 Å². The van der Waals surface area contributed by atoms with Crippen molar-refractivity contribution in [1.82, 2.24) is 32.3 Å². The molecule has 2 fully saturated rings. The van der Waals surface area contributed by atoms with Gasteiger partial charge in [0.25, 0.3) is 0 Å². The topological polar surface area (TPSA) is 146 Å². The van der Waals surface area contributed by atoms with Crippen molar-refractivity contribution in [3.8, 4) is 0 Å². The summed E-state index contributed by atoms with van der Waals surface area (Å²) < 4.78 is 0. The number of hydrogen-bond acceptors (Lipinski definition) is 8. The van der Waals surface area contributed by atoms with E-state index >= 15 is 0 Å². The van der Waals surface area contributed by atoms with Gasteiger partial charge in [0.2, 0.25) is 0 Å². The lowest BCUT2D eigenvalue weighted by Gasteiger charge is -2.32. The van der Waals surface area contributed by atoms with Crippen molar-refractivity contribution in [2.75, 3.05) is 10.6 Å². The summed E-state index contributed by atoms with van der Waals surface area (Å²) in [5.41, 5.74) is 12.0. The van der Waals surface area contributed by atoms with Crippen LogP contribution in [0.25, 0.3) is 0 Å². The van der Waals surface area contributed by atoms with Crippen LogP contribution in [0.15, 0.2) is 44.7 Å². The van der Waals surface area contributed by atoms with Gasteiger partial charge in [0, 0.05) is 11.4 Å². The summed E-state index contributed by atoms with van der Waals surface area (Å²) in [6.07, 6.45) is 9.13. The first-order valence-electron chi connectivity index (χ1n) is 17.8. The number of nitrogens with zero attached hydrogens (tertiary/aromatic N) is 4. The molecule has 2 aliphatic rings. The highest BCUT2D eigenvalue weighted by Crippen LogP contribution is 2.29. The Labute approximate surface area is 320 Å². The minimum atomic E-state index is -0.646. The number of nitrogens with one attached hydrogen (secondary N) is 8. The van der Waals surface area contributed by atoms with Gasteiger partial charge in [-0.05, 0) is 162 Å². The molecule has 3 rings (SSSR count). The van der Waals surface area contributed by atoms with E-state index in [1.807, 2.05) is 38.1 Å². The molecular formula is C34H58N12S4. The third-order valence-electron chi connectivity index (χ3n) is 9.79. The zero-order chi connectivity index (χ0) is 36.9. The largest absolute Gasteiger partial charge is 0.336 e. The van der Waals surface area contributed by atoms with Gasteiger partial charge in [0.1, 0.15) is 0 Å². The number of hydrogen-bond donors (Lipinski definition) is 8. The number of rotatable bonds is 10. The van der Waals surface area contributed by atoms with E-state index in [0.29, 0.717) is 20.4 Å². The predicted octanol–water partition coefficient (Wildman–Crippen LogP) is 7.82. The Bertz CT molecular complexity index is 1240. The molecule has 0 radical (unpaired) electrons. The third-order valence-corrected chi connectivity index (χ3v) is 10.6. The van der Waals surface area contributed by atoms with Crippen molar-refractivity contribution in [1.29, 1.82) is 0 Å². The van der Waals surface area contributed by atoms with Crippen molar-refractivity contribution >= 4 is 80.7 Å². The molecule has 1 aromatic rings. The minimum Gasteiger partial charge on any atom is -0.336 e. The zero-order valence-electron chi connectivity index (χ0n) is 30.9. The molecule has 278 valence electrons. The predicted molar refractivity (Wildman–Crippen MR) is 222 cm³/mol. The first kappa shape index (κ1) is 41.6. The Morgan fingerprint density at radius 1 is 0.560 bits per heavy atom. The lowest BCUT2D eigenvalue weighted by atomic mass is 9.88. The van der Waals surface area contributed by atoms with Crippen LogP contribution in [0.5, 0.6) is 0 Å². The maximum Gasteiger partial charge on any atom is 0.189 e. The maximum absolute atomic E-state index is 5.54. The van der Waals surface area contributed by atoms with Gasteiger partial charge in [-0.15, -0.1) is 0 Å². The van der Waals surface area contributed by atoms with Gasteiger partial charge in [-0.25, -0.2) is 0 Å². The normalized spacial score (nSPS) is 23.4. The molecule has 2 atom stereocenters. The highest BCUT2D eigenvalue weighted by Gasteiger charge is 2.31. The average molecular weight is 763 g/mol. The van der Waals surface area contributed by atoms with Crippen LogP contribution in [0.1, 0.15) is 107 Å². The lowest BCUT2D eigenvalue weighted by Crippen LogP contribution is -2.56. The van der Waals surface area contributed by atoms with Gasteiger partial charge < -0.3 is 21.3 Å². The molecule has 8 N–H and O–H groups in total. The second-order valence-electron chi connectivity index (χ2n) is 14.8. The number of hydrazine groups is 2. The molecule has 0 aromatic heterocycles. The average Bonchev–Trinajstić information content (AvgIpc) is 3.06. The number of azo groups is 2. The summed E-state index contributed by atoms with van der Waals surface area (Å²) >= 11 is 22.0. The molecule has 1 aromatic carbocycles. The molecule has 2 aliphatic carbocycles. The number of anilines is 2. The van der Waals surface area contributed by atoms with E-state index in [9.17, 15) is 0 Å². The van der Waals surface area contributed by atoms with Crippen molar-refractivity contribution < 1.29 is 0 Å². The Kier molecular flexibility index (Phi) is 16.4. The molecule has 50 heavy (non-hydrogen) atoms. The van der Waals surface area contributed by atoms with Gasteiger partial charge >= 0.3 is 0 Å². The zero-order valence-corrected chi connectivity index (χ0v) is 34.1. The quantitative estimate of drug-likeness (QED) is 0.0669. The standard InChI is InChI=1S/C34H58N12S4/c1-21(2)33(7,45-39-27-13-9-23(5)10-14-27)37-31(49)43-41-29(47)35-25-17-19-26(20-18-25)36-30(48)42-44-32(50)38-34(8,22(3)4)46-40-28-15-11-24(6)12-16-28/h17-24,27-28H,9-16H2,1-8H3,(H2,35,41,47)(H2,36,42,48)(H2,37,43,49)(H2,38,44,50). The van der Waals surface area contributed by atoms with E-state index in [2.05, 4.69) is 94.7 Å². The van der Waals surface area contributed by atoms with E-state index in [1.54, 1.807) is 0 Å². The summed E-state index contributed by atoms with van der Waals surface area (Å²) in [5.74, 6) is 1.87. The second kappa shape index (κ2) is 19.7. The van der Waals surface area contributed by atoms with Gasteiger partial charge in [0.15, 0.2) is 31.8 Å². The first-order chi connectivity index (χ1) is 23.6. The molecule has 16 heteroatoms. The molecule has 0 heterocycles. The van der Waals surface area contributed by atoms with Gasteiger partial charge in [-0.3, -0.25) is 21.7 Å². The summed E-state index contributed by atoms with van der Waals surface area (Å²) in [5, 5.41) is 33.1. The van der Waals surface area contributed by atoms with Crippen LogP contribution < -0.4 is 43.0 Å². The first-order valence-corrected chi connectivity index (χ1v) is 19.4. The summed E-state index contributed by atoms with van der Waals surface area (Å²) in [7, 11) is 0. The van der Waals surface area contributed by atoms with Crippen molar-refractivity contribution in [3.05, 3.63) is 24.3 Å². The van der Waals surface area contributed by atoms with Crippen LogP contribution in [-0.4, -0.2) is 43.9 Å². The Balaban J connectivity index is 1.40. The van der Waals surface area contributed by atoms with Crippen molar-refractivity contribution in [3.63, 3.8) is 0 Å². The fourth-order valence-corrected chi connectivity index (χ4v) is 6.25. The van der Waals surface area contributed by atoms with E-state index in [1.165, 1.54) is 25.7 Å². The molecule has 2 unspecified atom stereocenters. The SMILES string of the molecule is CC1CCC(N=NC(C)(NC(=S)NNC(=S)Nc2ccc(NC(=S)NNC(=S)NC(C)(N=NC3CCC(C)CC3)C(C)C)cc2)C(C)C)CC1. The minimum absolute atomic E-state index is 0.163. The molecule has 0 spiro atoms. The Morgan fingerprint density at radius 2 is 0.860 bits per heavy atom. The van der Waals surface area contributed by atoms with Crippen LogP contribution in [0.4, 0.5) is 11.4 Å². The molecule has 0 bridgehead atoms. The fourth-order valence-electron chi connectivity index (χ4n) is 5.40. The van der Waals surface area contributed by atoms with Crippen LogP contribution >= 0.6 is 48.9 Å².